The molecule has 0 saturated carbocycles. The van der Waals surface area contributed by atoms with Gasteiger partial charge in [-0.05, 0) is 25.7 Å². The molecule has 0 spiro atoms. The Morgan fingerprint density at radius 3 is 1.42 bits per heavy atom. The molecule has 0 rings (SSSR count). The minimum Gasteiger partial charge on any atom is -0.355 e. The van der Waals surface area contributed by atoms with Crippen LogP contribution in [0, 0.1) is 0 Å². The molecule has 5 heteroatoms. The van der Waals surface area contributed by atoms with Gasteiger partial charge in [0.2, 0.25) is 0 Å². The maximum Gasteiger partial charge on any atom is 0.149 e. The normalized spacial score (nSPS) is 11.9. The van der Waals surface area contributed by atoms with Crippen LogP contribution in [-0.2, 0) is 14.2 Å². The lowest BCUT2D eigenvalue weighted by Crippen LogP contribution is -2.05. The quantitative estimate of drug-likeness (QED) is 0.117. The Morgan fingerprint density at radius 1 is 0.579 bits per heavy atom. The van der Waals surface area contributed by atoms with Crippen molar-refractivity contribution in [1.29, 1.82) is 0 Å². The highest BCUT2D eigenvalue weighted by Gasteiger charge is 1.88. The first-order valence-electron chi connectivity index (χ1n) is 6.57. The van der Waals surface area contributed by atoms with Crippen LogP contribution in [0.25, 0.3) is 0 Å². The van der Waals surface area contributed by atoms with Gasteiger partial charge in [-0.15, -0.1) is 0 Å². The summed E-state index contributed by atoms with van der Waals surface area (Å²) >= 11 is 4.73. The maximum atomic E-state index is 5.30. The second-order valence-electron chi connectivity index (χ2n) is 3.73. The third-order valence-electron chi connectivity index (χ3n) is 2.08. The Bertz CT molecular complexity index is 199. The van der Waals surface area contributed by atoms with E-state index in [-0.39, 0.29) is 0 Å². The molecule has 0 aromatic carbocycles. The lowest BCUT2D eigenvalue weighted by molar-refractivity contribution is -0.129. The van der Waals surface area contributed by atoms with Gasteiger partial charge >= 0.3 is 0 Å². The Morgan fingerprint density at radius 2 is 1.00 bits per heavy atom. The summed E-state index contributed by atoms with van der Waals surface area (Å²) in [5.41, 5.74) is 0. The third kappa shape index (κ3) is 18.8. The molecule has 0 unspecified atom stereocenters. The molecule has 3 nitrogen and oxygen atoms in total. The van der Waals surface area contributed by atoms with Crippen molar-refractivity contribution < 1.29 is 14.2 Å². The molecule has 0 atom stereocenters. The van der Waals surface area contributed by atoms with Crippen LogP contribution in [0.4, 0.5) is 0 Å². The molecule has 0 aromatic heterocycles. The van der Waals surface area contributed by atoms with Crippen LogP contribution in [-0.4, -0.2) is 35.7 Å². The third-order valence-corrected chi connectivity index (χ3v) is 3.32. The van der Waals surface area contributed by atoms with E-state index in [1.165, 1.54) is 8.86 Å². The zero-order valence-electron chi connectivity index (χ0n) is 11.4. The minimum absolute atomic E-state index is 0.310. The molecular weight excluding hydrogens is 470 g/mol. The highest BCUT2D eigenvalue weighted by molar-refractivity contribution is 14.1. The molecule has 0 amide bonds. The average Bonchev–Trinajstić information content (AvgIpc) is 2.43. The van der Waals surface area contributed by atoms with Gasteiger partial charge in [0.15, 0.2) is 0 Å². The molecule has 0 aromatic rings. The highest BCUT2D eigenvalue weighted by atomic mass is 127. The van der Waals surface area contributed by atoms with Crippen molar-refractivity contribution in [3.63, 3.8) is 0 Å². The molecule has 0 bridgehead atoms. The highest BCUT2D eigenvalue weighted by Crippen LogP contribution is 1.94. The maximum absolute atomic E-state index is 5.30. The van der Waals surface area contributed by atoms with Crippen LogP contribution < -0.4 is 0 Å². The Balaban J connectivity index is 3.02. The molecule has 0 heterocycles. The molecule has 0 aliphatic heterocycles. The van der Waals surface area contributed by atoms with Crippen molar-refractivity contribution in [2.75, 3.05) is 35.7 Å². The number of halogens is 2. The first-order valence-corrected chi connectivity index (χ1v) is 9.62. The molecule has 0 fully saturated rings. The topological polar surface area (TPSA) is 27.7 Å². The molecule has 0 N–H and O–H groups in total. The zero-order valence-corrected chi connectivity index (χ0v) is 15.7. The van der Waals surface area contributed by atoms with Crippen LogP contribution in [0.1, 0.15) is 25.7 Å². The summed E-state index contributed by atoms with van der Waals surface area (Å²) in [5.74, 6) is 0. The zero-order chi connectivity index (χ0) is 14.0. The number of alkyl halides is 2. The van der Waals surface area contributed by atoms with Crippen molar-refractivity contribution >= 4 is 45.2 Å². The van der Waals surface area contributed by atoms with E-state index in [2.05, 4.69) is 69.5 Å². The van der Waals surface area contributed by atoms with Crippen molar-refractivity contribution in [2.24, 2.45) is 0 Å². The van der Waals surface area contributed by atoms with E-state index in [4.69, 9.17) is 14.2 Å². The molecule has 19 heavy (non-hydrogen) atoms. The van der Waals surface area contributed by atoms with Crippen molar-refractivity contribution in [2.45, 2.75) is 25.7 Å². The molecule has 0 aliphatic rings. The van der Waals surface area contributed by atoms with E-state index in [0.29, 0.717) is 26.8 Å². The summed E-state index contributed by atoms with van der Waals surface area (Å²) in [6, 6.07) is 0. The monoisotopic (exact) mass is 494 g/mol. The van der Waals surface area contributed by atoms with Gasteiger partial charge in [-0.3, -0.25) is 0 Å². The van der Waals surface area contributed by atoms with Gasteiger partial charge in [0.05, 0.1) is 13.2 Å². The largest absolute Gasteiger partial charge is 0.355 e. The van der Waals surface area contributed by atoms with Crippen LogP contribution in [0.2, 0.25) is 0 Å². The van der Waals surface area contributed by atoms with Crippen LogP contribution in [0.15, 0.2) is 24.3 Å². The van der Waals surface area contributed by atoms with Crippen LogP contribution >= 0.6 is 45.2 Å². The summed E-state index contributed by atoms with van der Waals surface area (Å²) in [5, 5.41) is 0. The number of hydrogen-bond donors (Lipinski definition) is 0. The number of hydrogen-bond acceptors (Lipinski definition) is 3. The van der Waals surface area contributed by atoms with E-state index in [1.54, 1.807) is 0 Å². The Labute approximate surface area is 144 Å². The summed E-state index contributed by atoms with van der Waals surface area (Å²) in [6.45, 7) is 2.03. The Hall–Kier alpha value is 0.820. The van der Waals surface area contributed by atoms with E-state index in [1.807, 2.05) is 0 Å². The van der Waals surface area contributed by atoms with E-state index in [9.17, 15) is 0 Å². The van der Waals surface area contributed by atoms with Gasteiger partial charge in [0.1, 0.15) is 13.6 Å². The summed E-state index contributed by atoms with van der Waals surface area (Å²) < 4.78 is 18.1. The average molecular weight is 494 g/mol. The van der Waals surface area contributed by atoms with Gasteiger partial charge < -0.3 is 14.2 Å². The molecule has 0 radical (unpaired) electrons. The Kier molecular flexibility index (Phi) is 19.6. The van der Waals surface area contributed by atoms with Gasteiger partial charge in [-0.2, -0.15) is 0 Å². The summed E-state index contributed by atoms with van der Waals surface area (Å²) in [7, 11) is 0. The van der Waals surface area contributed by atoms with Gasteiger partial charge in [0, 0.05) is 8.86 Å². The van der Waals surface area contributed by atoms with Crippen LogP contribution in [0.3, 0.4) is 0 Å². The van der Waals surface area contributed by atoms with E-state index >= 15 is 0 Å². The minimum atomic E-state index is 0.310. The lowest BCUT2D eigenvalue weighted by atomic mass is 10.3. The fourth-order valence-electron chi connectivity index (χ4n) is 1.17. The lowest BCUT2D eigenvalue weighted by Gasteiger charge is -2.05. The molecule has 0 aliphatic carbocycles. The van der Waals surface area contributed by atoms with E-state index in [0.717, 1.165) is 25.7 Å². The van der Waals surface area contributed by atoms with Gasteiger partial charge in [-0.1, -0.05) is 69.5 Å². The fraction of sp³-hybridized carbons (Fsp3) is 0.714. The number of ether oxygens (including phenoxy) is 3. The van der Waals surface area contributed by atoms with Crippen LogP contribution in [0.5, 0.6) is 0 Å². The molecule has 0 saturated heterocycles. The predicted octanol–water partition coefficient (Wildman–Crippen LogP) is 4.49. The smallest absolute Gasteiger partial charge is 0.149 e. The SMILES string of the molecule is ICCC=CCCOCOCOCCC=CCCI. The molecular formula is C14H24I2O3. The molecule has 112 valence electrons. The first-order chi connectivity index (χ1) is 9.41. The number of rotatable bonds is 14. The first kappa shape index (κ1) is 19.8. The summed E-state index contributed by atoms with van der Waals surface area (Å²) in [6.07, 6.45) is 12.8. The second-order valence-corrected chi connectivity index (χ2v) is 5.89. The van der Waals surface area contributed by atoms with Gasteiger partial charge in [0.25, 0.3) is 0 Å². The predicted molar refractivity (Wildman–Crippen MR) is 97.2 cm³/mol. The fourth-order valence-corrected chi connectivity index (χ4v) is 1.89. The summed E-state index contributed by atoms with van der Waals surface area (Å²) in [4.78, 5) is 0. The number of allylic oxidation sites excluding steroid dienone is 2. The standard InChI is InChI=1S/C14H24I2O3/c15-9-5-1-3-7-11-17-13-19-14-18-12-8-4-2-6-10-16/h1-4H,5-14H2. The van der Waals surface area contributed by atoms with E-state index < -0.39 is 0 Å². The van der Waals surface area contributed by atoms with Crippen molar-refractivity contribution in [3.05, 3.63) is 24.3 Å². The van der Waals surface area contributed by atoms with Crippen molar-refractivity contribution in [1.82, 2.24) is 0 Å². The van der Waals surface area contributed by atoms with Crippen molar-refractivity contribution in [3.8, 4) is 0 Å². The van der Waals surface area contributed by atoms with Gasteiger partial charge in [-0.25, -0.2) is 0 Å². The second kappa shape index (κ2) is 18.8.